The maximum Gasteiger partial charge on any atom is 0.0992 e. The van der Waals surface area contributed by atoms with Crippen molar-refractivity contribution < 1.29 is 9.47 Å². The van der Waals surface area contributed by atoms with Crippen LogP contribution >= 0.6 is 0 Å². The van der Waals surface area contributed by atoms with E-state index in [2.05, 4.69) is 40.2 Å². The molecule has 2 aromatic rings. The SMILES string of the molecule is c1ccc(CN2CCO[C@H]3[C@H](OCc4ccncc4)CC[C@@H]32)cc1. The fourth-order valence-corrected chi connectivity index (χ4v) is 3.87. The molecule has 1 aliphatic carbocycles. The van der Waals surface area contributed by atoms with Gasteiger partial charge in [-0.25, -0.2) is 0 Å². The molecule has 2 heterocycles. The Hall–Kier alpha value is -1.75. The van der Waals surface area contributed by atoms with Gasteiger partial charge in [-0.05, 0) is 36.1 Å². The lowest BCUT2D eigenvalue weighted by molar-refractivity contribution is -0.118. The molecule has 1 aromatic heterocycles. The minimum Gasteiger partial charge on any atom is -0.373 e. The maximum absolute atomic E-state index is 6.18. The molecule has 4 nitrogen and oxygen atoms in total. The number of pyridine rings is 1. The molecule has 0 bridgehead atoms. The van der Waals surface area contributed by atoms with Crippen molar-refractivity contribution in [2.75, 3.05) is 13.2 Å². The van der Waals surface area contributed by atoms with Gasteiger partial charge in [0, 0.05) is 31.5 Å². The first-order chi connectivity index (χ1) is 11.9. The number of ether oxygens (including phenoxy) is 2. The molecule has 3 atom stereocenters. The Labute approximate surface area is 143 Å². The summed E-state index contributed by atoms with van der Waals surface area (Å²) in [6, 6.07) is 15.2. The van der Waals surface area contributed by atoms with E-state index in [1.165, 1.54) is 11.1 Å². The number of benzene rings is 1. The van der Waals surface area contributed by atoms with Gasteiger partial charge in [0.05, 0.1) is 25.4 Å². The zero-order valence-corrected chi connectivity index (χ0v) is 13.9. The van der Waals surface area contributed by atoms with Crippen molar-refractivity contribution in [3.63, 3.8) is 0 Å². The molecule has 24 heavy (non-hydrogen) atoms. The average Bonchev–Trinajstić information content (AvgIpc) is 3.06. The maximum atomic E-state index is 6.18. The lowest BCUT2D eigenvalue weighted by Crippen LogP contribution is -2.51. The molecule has 0 radical (unpaired) electrons. The van der Waals surface area contributed by atoms with E-state index in [0.29, 0.717) is 12.6 Å². The van der Waals surface area contributed by atoms with Gasteiger partial charge in [-0.3, -0.25) is 9.88 Å². The van der Waals surface area contributed by atoms with Gasteiger partial charge in [0.1, 0.15) is 0 Å². The van der Waals surface area contributed by atoms with Gasteiger partial charge in [0.25, 0.3) is 0 Å². The molecule has 2 fully saturated rings. The predicted molar refractivity (Wildman–Crippen MR) is 92.4 cm³/mol. The topological polar surface area (TPSA) is 34.6 Å². The second-order valence-electron chi connectivity index (χ2n) is 6.64. The molecule has 2 aliphatic rings. The molecule has 1 saturated heterocycles. The summed E-state index contributed by atoms with van der Waals surface area (Å²) in [6.45, 7) is 3.44. The lowest BCUT2D eigenvalue weighted by Gasteiger charge is -2.39. The number of hydrogen-bond acceptors (Lipinski definition) is 4. The number of aromatic nitrogens is 1. The molecule has 4 rings (SSSR count). The molecule has 0 N–H and O–H groups in total. The van der Waals surface area contributed by atoms with Crippen molar-refractivity contribution >= 4 is 0 Å². The van der Waals surface area contributed by atoms with Crippen molar-refractivity contribution in [3.8, 4) is 0 Å². The Bertz CT molecular complexity index is 635. The number of fused-ring (bicyclic) bond motifs is 1. The van der Waals surface area contributed by atoms with Crippen LogP contribution in [0.5, 0.6) is 0 Å². The molecular weight excluding hydrogens is 300 g/mol. The van der Waals surface area contributed by atoms with Crippen LogP contribution in [0.3, 0.4) is 0 Å². The summed E-state index contributed by atoms with van der Waals surface area (Å²) in [4.78, 5) is 6.62. The highest BCUT2D eigenvalue weighted by Gasteiger charge is 2.43. The summed E-state index contributed by atoms with van der Waals surface area (Å²) in [5.74, 6) is 0. The van der Waals surface area contributed by atoms with Crippen LogP contribution in [-0.2, 0) is 22.6 Å². The number of hydrogen-bond donors (Lipinski definition) is 0. The Balaban J connectivity index is 1.37. The molecule has 1 aliphatic heterocycles. The zero-order valence-electron chi connectivity index (χ0n) is 13.9. The van der Waals surface area contributed by atoms with Crippen molar-refractivity contribution in [2.24, 2.45) is 0 Å². The first-order valence-electron chi connectivity index (χ1n) is 8.80. The smallest absolute Gasteiger partial charge is 0.0992 e. The average molecular weight is 324 g/mol. The van der Waals surface area contributed by atoms with E-state index in [0.717, 1.165) is 32.5 Å². The quantitative estimate of drug-likeness (QED) is 0.847. The van der Waals surface area contributed by atoms with Gasteiger partial charge in [-0.1, -0.05) is 30.3 Å². The van der Waals surface area contributed by atoms with Crippen LogP contribution in [0.25, 0.3) is 0 Å². The normalized spacial score (nSPS) is 27.1. The van der Waals surface area contributed by atoms with Crippen molar-refractivity contribution in [3.05, 3.63) is 66.0 Å². The van der Waals surface area contributed by atoms with Crippen molar-refractivity contribution in [1.29, 1.82) is 0 Å². The number of morpholine rings is 1. The summed E-state index contributed by atoms with van der Waals surface area (Å²) in [5.41, 5.74) is 2.55. The molecule has 4 heteroatoms. The predicted octanol–water partition coefficient (Wildman–Crippen LogP) is 3.03. The van der Waals surface area contributed by atoms with Crippen LogP contribution in [0.1, 0.15) is 24.0 Å². The van der Waals surface area contributed by atoms with E-state index in [-0.39, 0.29) is 12.2 Å². The van der Waals surface area contributed by atoms with E-state index >= 15 is 0 Å². The summed E-state index contributed by atoms with van der Waals surface area (Å²) in [7, 11) is 0. The molecule has 0 spiro atoms. The third-order valence-electron chi connectivity index (χ3n) is 5.09. The molecule has 0 unspecified atom stereocenters. The highest BCUT2D eigenvalue weighted by molar-refractivity contribution is 5.15. The number of rotatable bonds is 5. The monoisotopic (exact) mass is 324 g/mol. The van der Waals surface area contributed by atoms with Crippen LogP contribution in [0.2, 0.25) is 0 Å². The second kappa shape index (κ2) is 7.43. The summed E-state index contributed by atoms with van der Waals surface area (Å²) < 4.78 is 12.3. The standard InChI is InChI=1S/C20H24N2O2/c1-2-4-16(5-3-1)14-22-12-13-23-20-18(22)6-7-19(20)24-15-17-8-10-21-11-9-17/h1-5,8-11,18-20H,6-7,12-15H2/t18-,19+,20+/m0/s1. The van der Waals surface area contributed by atoms with E-state index in [9.17, 15) is 0 Å². The molecule has 126 valence electrons. The van der Waals surface area contributed by atoms with Gasteiger partial charge in [-0.2, -0.15) is 0 Å². The minimum absolute atomic E-state index is 0.196. The summed E-state index contributed by atoms with van der Waals surface area (Å²) in [6.07, 6.45) is 6.25. The van der Waals surface area contributed by atoms with Crippen LogP contribution < -0.4 is 0 Å². The largest absolute Gasteiger partial charge is 0.373 e. The van der Waals surface area contributed by atoms with E-state index in [4.69, 9.17) is 9.47 Å². The fraction of sp³-hybridized carbons (Fsp3) is 0.450. The van der Waals surface area contributed by atoms with Crippen LogP contribution in [-0.4, -0.2) is 41.3 Å². The van der Waals surface area contributed by atoms with Crippen LogP contribution in [0.15, 0.2) is 54.9 Å². The highest BCUT2D eigenvalue weighted by atomic mass is 16.5. The van der Waals surface area contributed by atoms with Crippen LogP contribution in [0, 0.1) is 0 Å². The summed E-state index contributed by atoms with van der Waals surface area (Å²) in [5, 5.41) is 0. The molecule has 0 amide bonds. The first-order valence-corrected chi connectivity index (χ1v) is 8.80. The Morgan fingerprint density at radius 3 is 2.71 bits per heavy atom. The minimum atomic E-state index is 0.196. The Kier molecular flexibility index (Phi) is 4.88. The van der Waals surface area contributed by atoms with E-state index in [1.807, 2.05) is 24.5 Å². The fourth-order valence-electron chi connectivity index (χ4n) is 3.87. The van der Waals surface area contributed by atoms with Gasteiger partial charge >= 0.3 is 0 Å². The van der Waals surface area contributed by atoms with Gasteiger partial charge in [0.2, 0.25) is 0 Å². The highest BCUT2D eigenvalue weighted by Crippen LogP contribution is 2.33. The van der Waals surface area contributed by atoms with Gasteiger partial charge < -0.3 is 9.47 Å². The molecule has 1 aromatic carbocycles. The Morgan fingerprint density at radius 2 is 1.88 bits per heavy atom. The summed E-state index contributed by atoms with van der Waals surface area (Å²) >= 11 is 0. The third-order valence-corrected chi connectivity index (χ3v) is 5.09. The van der Waals surface area contributed by atoms with Crippen LogP contribution in [0.4, 0.5) is 0 Å². The Morgan fingerprint density at radius 1 is 1.04 bits per heavy atom. The molecular formula is C20H24N2O2. The van der Waals surface area contributed by atoms with Crippen molar-refractivity contribution in [1.82, 2.24) is 9.88 Å². The van der Waals surface area contributed by atoms with E-state index < -0.39 is 0 Å². The number of nitrogens with zero attached hydrogens (tertiary/aromatic N) is 2. The van der Waals surface area contributed by atoms with E-state index in [1.54, 1.807) is 0 Å². The van der Waals surface area contributed by atoms with Crippen molar-refractivity contribution in [2.45, 2.75) is 44.2 Å². The molecule has 1 saturated carbocycles. The third kappa shape index (κ3) is 3.51. The second-order valence-corrected chi connectivity index (χ2v) is 6.64. The first kappa shape index (κ1) is 15.8. The lowest BCUT2D eigenvalue weighted by atomic mass is 10.1. The zero-order chi connectivity index (χ0) is 16.2. The van der Waals surface area contributed by atoms with Gasteiger partial charge in [0.15, 0.2) is 0 Å². The van der Waals surface area contributed by atoms with Gasteiger partial charge in [-0.15, -0.1) is 0 Å².